The maximum absolute atomic E-state index is 13.2. The Labute approximate surface area is 129 Å². The van der Waals surface area contributed by atoms with Crippen molar-refractivity contribution >= 4 is 5.91 Å². The van der Waals surface area contributed by atoms with E-state index in [1.54, 1.807) is 0 Å². The summed E-state index contributed by atoms with van der Waals surface area (Å²) < 4.78 is 6.56. The molecule has 7 unspecified atom stereocenters. The molecule has 22 heavy (non-hydrogen) atoms. The Morgan fingerprint density at radius 2 is 1.95 bits per heavy atom. The molecular formula is C18H19NO3. The van der Waals surface area contributed by atoms with Gasteiger partial charge in [0.1, 0.15) is 0 Å². The topological polar surface area (TPSA) is 49.8 Å². The summed E-state index contributed by atoms with van der Waals surface area (Å²) in [7, 11) is 0. The van der Waals surface area contributed by atoms with Crippen molar-refractivity contribution in [2.45, 2.75) is 43.2 Å². The molecule has 1 amide bonds. The highest BCUT2D eigenvalue weighted by Crippen LogP contribution is 2.71. The minimum atomic E-state index is -0.605. The van der Waals surface area contributed by atoms with Crippen LogP contribution in [0.4, 0.5) is 0 Å². The molecule has 114 valence electrons. The predicted molar refractivity (Wildman–Crippen MR) is 77.4 cm³/mol. The molecule has 2 saturated heterocycles. The first kappa shape index (κ1) is 12.1. The van der Waals surface area contributed by atoms with Crippen LogP contribution in [0.2, 0.25) is 0 Å². The van der Waals surface area contributed by atoms with Crippen molar-refractivity contribution in [3.05, 3.63) is 35.9 Å². The van der Waals surface area contributed by atoms with Gasteiger partial charge in [0.2, 0.25) is 5.91 Å². The van der Waals surface area contributed by atoms with Gasteiger partial charge in [-0.25, -0.2) is 0 Å². The van der Waals surface area contributed by atoms with Gasteiger partial charge in [-0.2, -0.15) is 0 Å². The van der Waals surface area contributed by atoms with Gasteiger partial charge >= 0.3 is 0 Å². The third-order valence-corrected chi connectivity index (χ3v) is 6.80. The number of carbonyl (C=O) groups excluding carboxylic acids is 1. The molecule has 2 heterocycles. The zero-order valence-electron chi connectivity index (χ0n) is 12.3. The monoisotopic (exact) mass is 297 g/mol. The van der Waals surface area contributed by atoms with Gasteiger partial charge in [0.05, 0.1) is 18.1 Å². The fourth-order valence-corrected chi connectivity index (χ4v) is 6.04. The molecule has 3 aliphatic carbocycles. The Morgan fingerprint density at radius 1 is 1.18 bits per heavy atom. The first-order valence-electron chi connectivity index (χ1n) is 8.48. The smallest absolute Gasteiger partial charge is 0.229 e. The van der Waals surface area contributed by atoms with Gasteiger partial charge < -0.3 is 14.7 Å². The molecule has 5 fully saturated rings. The Balaban J connectivity index is 1.60. The van der Waals surface area contributed by atoms with Gasteiger partial charge in [0.15, 0.2) is 5.72 Å². The molecule has 2 bridgehead atoms. The van der Waals surface area contributed by atoms with Gasteiger partial charge in [-0.05, 0) is 31.1 Å². The SMILES string of the molecule is O=C1C2C3CC4C(OC(c5ccccc5)(C42)N1C1CC1)C3O. The molecule has 7 atom stereocenters. The number of benzene rings is 1. The van der Waals surface area contributed by atoms with Crippen molar-refractivity contribution in [2.75, 3.05) is 0 Å². The summed E-state index contributed by atoms with van der Waals surface area (Å²) in [5.41, 5.74) is 0.496. The number of hydrogen-bond acceptors (Lipinski definition) is 3. The van der Waals surface area contributed by atoms with Crippen LogP contribution in [0.15, 0.2) is 30.3 Å². The first-order valence-corrected chi connectivity index (χ1v) is 8.48. The van der Waals surface area contributed by atoms with Crippen LogP contribution in [0.5, 0.6) is 0 Å². The Kier molecular flexibility index (Phi) is 1.96. The molecular weight excluding hydrogens is 278 g/mol. The fraction of sp³-hybridized carbons (Fsp3) is 0.611. The number of likely N-dealkylation sites (tertiary alicyclic amines) is 1. The lowest BCUT2D eigenvalue weighted by molar-refractivity contribution is -0.184. The van der Waals surface area contributed by atoms with E-state index in [4.69, 9.17) is 4.74 Å². The number of fused-ring (bicyclic) bond motifs is 2. The van der Waals surface area contributed by atoms with E-state index in [0.717, 1.165) is 24.8 Å². The second-order valence-electron chi connectivity index (χ2n) is 7.69. The third-order valence-electron chi connectivity index (χ3n) is 6.80. The quantitative estimate of drug-likeness (QED) is 0.899. The molecule has 2 aliphatic heterocycles. The van der Waals surface area contributed by atoms with Crippen LogP contribution in [0.25, 0.3) is 0 Å². The standard InChI is InChI=1S/C18H19NO3/c20-15-11-8-12-14-13(11)17(21)19(10-6-7-10)18(14,22-16(12)15)9-4-2-1-3-5-9/h1-5,10-16,20H,6-8H2. The summed E-state index contributed by atoms with van der Waals surface area (Å²) in [4.78, 5) is 15.2. The van der Waals surface area contributed by atoms with Gasteiger partial charge in [0.25, 0.3) is 0 Å². The Morgan fingerprint density at radius 3 is 2.68 bits per heavy atom. The molecule has 4 heteroatoms. The van der Waals surface area contributed by atoms with Crippen LogP contribution < -0.4 is 0 Å². The van der Waals surface area contributed by atoms with E-state index in [9.17, 15) is 9.90 Å². The highest BCUT2D eigenvalue weighted by atomic mass is 16.6. The summed E-state index contributed by atoms with van der Waals surface area (Å²) in [5, 5.41) is 10.6. The Bertz CT molecular complexity index is 672. The zero-order chi connectivity index (χ0) is 14.6. The van der Waals surface area contributed by atoms with Crippen molar-refractivity contribution < 1.29 is 14.6 Å². The fourth-order valence-electron chi connectivity index (χ4n) is 6.04. The largest absolute Gasteiger partial charge is 0.390 e. The van der Waals surface area contributed by atoms with E-state index in [0.29, 0.717) is 12.0 Å². The van der Waals surface area contributed by atoms with Crippen LogP contribution in [0, 0.1) is 23.7 Å². The lowest BCUT2D eigenvalue weighted by atomic mass is 9.75. The third kappa shape index (κ3) is 1.09. The van der Waals surface area contributed by atoms with Gasteiger partial charge in [-0.3, -0.25) is 4.79 Å². The first-order chi connectivity index (χ1) is 10.7. The van der Waals surface area contributed by atoms with Crippen molar-refractivity contribution in [2.24, 2.45) is 23.7 Å². The molecule has 1 aromatic carbocycles. The maximum atomic E-state index is 13.2. The summed E-state index contributed by atoms with van der Waals surface area (Å²) in [6.45, 7) is 0. The number of amides is 1. The summed E-state index contributed by atoms with van der Waals surface area (Å²) in [6.07, 6.45) is 2.60. The van der Waals surface area contributed by atoms with E-state index in [1.165, 1.54) is 0 Å². The Hall–Kier alpha value is -1.39. The minimum Gasteiger partial charge on any atom is -0.390 e. The molecule has 0 radical (unpaired) electrons. The number of aliphatic hydroxyl groups excluding tert-OH is 1. The van der Waals surface area contributed by atoms with E-state index in [1.807, 2.05) is 18.2 Å². The molecule has 4 nitrogen and oxygen atoms in total. The van der Waals surface area contributed by atoms with Crippen LogP contribution in [0.1, 0.15) is 24.8 Å². The van der Waals surface area contributed by atoms with E-state index < -0.39 is 11.8 Å². The summed E-state index contributed by atoms with van der Waals surface area (Å²) >= 11 is 0. The van der Waals surface area contributed by atoms with E-state index in [-0.39, 0.29) is 29.8 Å². The number of hydrogen-bond donors (Lipinski definition) is 1. The molecule has 6 rings (SSSR count). The van der Waals surface area contributed by atoms with Gasteiger partial charge in [0, 0.05) is 17.5 Å². The van der Waals surface area contributed by atoms with Crippen molar-refractivity contribution in [3.63, 3.8) is 0 Å². The van der Waals surface area contributed by atoms with E-state index in [2.05, 4.69) is 17.0 Å². The summed E-state index contributed by atoms with van der Waals surface area (Å²) in [6, 6.07) is 10.6. The van der Waals surface area contributed by atoms with Crippen molar-refractivity contribution in [1.29, 1.82) is 0 Å². The predicted octanol–water partition coefficient (Wildman–Crippen LogP) is 1.49. The van der Waals surface area contributed by atoms with Gasteiger partial charge in [-0.1, -0.05) is 30.3 Å². The number of nitrogens with zero attached hydrogens (tertiary/aromatic N) is 1. The highest BCUT2D eigenvalue weighted by Gasteiger charge is 2.79. The van der Waals surface area contributed by atoms with Gasteiger partial charge in [-0.15, -0.1) is 0 Å². The highest BCUT2D eigenvalue weighted by molar-refractivity contribution is 5.85. The molecule has 3 saturated carbocycles. The van der Waals surface area contributed by atoms with Crippen LogP contribution >= 0.6 is 0 Å². The molecule has 0 aromatic heterocycles. The lowest BCUT2D eigenvalue weighted by Gasteiger charge is -2.39. The number of carbonyl (C=O) groups is 1. The zero-order valence-corrected chi connectivity index (χ0v) is 12.3. The van der Waals surface area contributed by atoms with Crippen molar-refractivity contribution in [1.82, 2.24) is 4.90 Å². The van der Waals surface area contributed by atoms with E-state index >= 15 is 0 Å². The maximum Gasteiger partial charge on any atom is 0.229 e. The second kappa shape index (κ2) is 3.57. The van der Waals surface area contributed by atoms with Crippen LogP contribution in [-0.2, 0) is 15.3 Å². The molecule has 1 N–H and O–H groups in total. The lowest BCUT2D eigenvalue weighted by Crippen LogP contribution is -2.49. The normalized spacial score (nSPS) is 51.1. The average molecular weight is 297 g/mol. The molecule has 1 aromatic rings. The minimum absolute atomic E-state index is 0.0282. The number of aliphatic hydroxyl groups is 1. The number of rotatable bonds is 2. The summed E-state index contributed by atoms with van der Waals surface area (Å²) in [5.74, 6) is 0.904. The van der Waals surface area contributed by atoms with Crippen LogP contribution in [-0.4, -0.2) is 34.2 Å². The second-order valence-corrected chi connectivity index (χ2v) is 7.69. The molecule has 5 aliphatic rings. The molecule has 0 spiro atoms. The average Bonchev–Trinajstić information content (AvgIpc) is 3.01. The van der Waals surface area contributed by atoms with Crippen LogP contribution in [0.3, 0.4) is 0 Å². The number of ether oxygens (including phenoxy) is 1. The van der Waals surface area contributed by atoms with Crippen molar-refractivity contribution in [3.8, 4) is 0 Å².